The molecule has 0 aliphatic rings. The highest BCUT2D eigenvalue weighted by molar-refractivity contribution is 9.10. The highest BCUT2D eigenvalue weighted by atomic mass is 79.9. The fourth-order valence-electron chi connectivity index (χ4n) is 1.47. The van der Waals surface area contributed by atoms with Crippen LogP contribution in [0.5, 0.6) is 0 Å². The van der Waals surface area contributed by atoms with Crippen molar-refractivity contribution >= 4 is 27.3 Å². The third-order valence-electron chi connectivity index (χ3n) is 2.14. The van der Waals surface area contributed by atoms with E-state index in [2.05, 4.69) is 39.6 Å². The lowest BCUT2D eigenvalue weighted by atomic mass is 10.1. The fourth-order valence-corrected chi connectivity index (χ4v) is 3.29. The van der Waals surface area contributed by atoms with Crippen LogP contribution in [0.25, 0.3) is 0 Å². The van der Waals surface area contributed by atoms with Gasteiger partial charge in [-0.25, -0.2) is 0 Å². The molecule has 1 N–H and O–H groups in total. The predicted molar refractivity (Wildman–Crippen MR) is 64.9 cm³/mol. The van der Waals surface area contributed by atoms with E-state index in [-0.39, 0.29) is 12.1 Å². The normalized spacial score (nSPS) is 15.4. The molecular weight excluding hydrogens is 262 g/mol. The Morgan fingerprint density at radius 1 is 1.64 bits per heavy atom. The average Bonchev–Trinajstić information content (AvgIpc) is 2.54. The third kappa shape index (κ3) is 2.79. The Kier molecular flexibility index (Phi) is 5.09. The number of hydrogen-bond acceptors (Lipinski definition) is 3. The molecule has 2 unspecified atom stereocenters. The lowest BCUT2D eigenvalue weighted by Crippen LogP contribution is -2.29. The van der Waals surface area contributed by atoms with Crippen LogP contribution in [-0.4, -0.2) is 19.8 Å². The average molecular weight is 278 g/mol. The zero-order valence-corrected chi connectivity index (χ0v) is 11.1. The molecule has 0 fully saturated rings. The minimum atomic E-state index is 0.194. The van der Waals surface area contributed by atoms with Gasteiger partial charge in [-0.05, 0) is 48.3 Å². The molecule has 0 bridgehead atoms. The van der Waals surface area contributed by atoms with Crippen LogP contribution >= 0.6 is 27.3 Å². The number of rotatable bonds is 5. The van der Waals surface area contributed by atoms with E-state index in [0.29, 0.717) is 0 Å². The molecule has 1 aromatic rings. The molecule has 2 atom stereocenters. The van der Waals surface area contributed by atoms with Gasteiger partial charge in [-0.1, -0.05) is 0 Å². The molecule has 1 aromatic heterocycles. The Bertz CT molecular complexity index is 277. The second-order valence-corrected chi connectivity index (χ2v) is 4.86. The van der Waals surface area contributed by atoms with Gasteiger partial charge in [-0.3, -0.25) is 0 Å². The monoisotopic (exact) mass is 277 g/mol. The van der Waals surface area contributed by atoms with Gasteiger partial charge in [0.1, 0.15) is 0 Å². The molecule has 2 nitrogen and oxygen atoms in total. The number of halogens is 1. The highest BCUT2D eigenvalue weighted by Gasteiger charge is 2.20. The third-order valence-corrected chi connectivity index (χ3v) is 4.09. The molecule has 80 valence electrons. The van der Waals surface area contributed by atoms with Crippen molar-refractivity contribution < 1.29 is 4.74 Å². The van der Waals surface area contributed by atoms with Gasteiger partial charge in [0.15, 0.2) is 0 Å². The summed E-state index contributed by atoms with van der Waals surface area (Å²) in [4.78, 5) is 1.30. The Morgan fingerprint density at radius 2 is 2.36 bits per heavy atom. The summed E-state index contributed by atoms with van der Waals surface area (Å²) in [5.74, 6) is 0. The van der Waals surface area contributed by atoms with Gasteiger partial charge in [-0.15, -0.1) is 11.3 Å². The SMILES string of the molecule is CCOC(C)C(NC)c1sccc1Br. The Morgan fingerprint density at radius 3 is 2.79 bits per heavy atom. The van der Waals surface area contributed by atoms with Crippen molar-refractivity contribution in [1.29, 1.82) is 0 Å². The summed E-state index contributed by atoms with van der Waals surface area (Å²) in [5.41, 5.74) is 0. The zero-order chi connectivity index (χ0) is 10.6. The quantitative estimate of drug-likeness (QED) is 0.893. The summed E-state index contributed by atoms with van der Waals surface area (Å²) in [6, 6.07) is 2.34. The second kappa shape index (κ2) is 5.85. The summed E-state index contributed by atoms with van der Waals surface area (Å²) >= 11 is 5.29. The summed E-state index contributed by atoms with van der Waals surface area (Å²) in [6.45, 7) is 4.87. The maximum absolute atomic E-state index is 5.60. The van der Waals surface area contributed by atoms with Crippen LogP contribution in [0.2, 0.25) is 0 Å². The molecule has 1 heterocycles. The van der Waals surface area contributed by atoms with Crippen molar-refractivity contribution in [3.8, 4) is 0 Å². The first-order valence-corrected chi connectivity index (χ1v) is 6.39. The first-order valence-electron chi connectivity index (χ1n) is 4.72. The number of nitrogens with one attached hydrogen (secondary N) is 1. The molecule has 0 amide bonds. The lowest BCUT2D eigenvalue weighted by Gasteiger charge is -2.22. The van der Waals surface area contributed by atoms with Gasteiger partial charge in [0.2, 0.25) is 0 Å². The van der Waals surface area contributed by atoms with Gasteiger partial charge in [0.25, 0.3) is 0 Å². The summed E-state index contributed by atoms with van der Waals surface area (Å²) in [7, 11) is 1.96. The molecule has 0 radical (unpaired) electrons. The van der Waals surface area contributed by atoms with E-state index in [1.807, 2.05) is 14.0 Å². The molecule has 14 heavy (non-hydrogen) atoms. The van der Waals surface area contributed by atoms with Crippen LogP contribution < -0.4 is 5.32 Å². The zero-order valence-electron chi connectivity index (χ0n) is 8.71. The standard InChI is InChI=1S/C10H16BrNOS/c1-4-13-7(2)9(12-3)10-8(11)5-6-14-10/h5-7,9,12H,4H2,1-3H3. The molecule has 0 saturated heterocycles. The minimum absolute atomic E-state index is 0.194. The lowest BCUT2D eigenvalue weighted by molar-refractivity contribution is 0.0500. The number of likely N-dealkylation sites (N-methyl/N-ethyl adjacent to an activating group) is 1. The summed E-state index contributed by atoms with van der Waals surface area (Å²) in [6.07, 6.45) is 0.194. The second-order valence-electron chi connectivity index (χ2n) is 3.06. The predicted octanol–water partition coefficient (Wildman–Crippen LogP) is 3.20. The first kappa shape index (κ1) is 12.2. The van der Waals surface area contributed by atoms with Crippen molar-refractivity contribution in [2.75, 3.05) is 13.7 Å². The van der Waals surface area contributed by atoms with Crippen molar-refractivity contribution in [3.63, 3.8) is 0 Å². The van der Waals surface area contributed by atoms with Gasteiger partial charge in [-0.2, -0.15) is 0 Å². The van der Waals surface area contributed by atoms with Crippen LogP contribution in [0, 0.1) is 0 Å². The van der Waals surface area contributed by atoms with Crippen molar-refractivity contribution in [2.45, 2.75) is 26.0 Å². The van der Waals surface area contributed by atoms with E-state index >= 15 is 0 Å². The van der Waals surface area contributed by atoms with Crippen LogP contribution in [-0.2, 0) is 4.74 Å². The topological polar surface area (TPSA) is 21.3 Å². The molecular formula is C10H16BrNOS. The number of thiophene rings is 1. The van der Waals surface area contributed by atoms with Crippen LogP contribution in [0.3, 0.4) is 0 Å². The van der Waals surface area contributed by atoms with Crippen LogP contribution in [0.1, 0.15) is 24.8 Å². The van der Waals surface area contributed by atoms with E-state index in [1.165, 1.54) is 4.88 Å². The summed E-state index contributed by atoms with van der Waals surface area (Å²) in [5, 5.41) is 5.37. The first-order chi connectivity index (χ1) is 6.70. The van der Waals surface area contributed by atoms with E-state index in [0.717, 1.165) is 11.1 Å². The largest absolute Gasteiger partial charge is 0.377 e. The molecule has 0 aliphatic heterocycles. The van der Waals surface area contributed by atoms with Crippen molar-refractivity contribution in [1.82, 2.24) is 5.32 Å². The van der Waals surface area contributed by atoms with Gasteiger partial charge in [0, 0.05) is 16.0 Å². The van der Waals surface area contributed by atoms with Crippen molar-refractivity contribution in [3.05, 3.63) is 20.8 Å². The molecule has 4 heteroatoms. The molecule has 0 aromatic carbocycles. The molecule has 0 saturated carbocycles. The Balaban J connectivity index is 2.76. The molecule has 0 spiro atoms. The van der Waals surface area contributed by atoms with E-state index in [4.69, 9.17) is 4.74 Å². The summed E-state index contributed by atoms with van der Waals surface area (Å²) < 4.78 is 6.76. The van der Waals surface area contributed by atoms with Gasteiger partial charge < -0.3 is 10.1 Å². The highest BCUT2D eigenvalue weighted by Crippen LogP contribution is 2.31. The molecule has 0 aliphatic carbocycles. The maximum atomic E-state index is 5.60. The van der Waals surface area contributed by atoms with E-state index in [9.17, 15) is 0 Å². The van der Waals surface area contributed by atoms with Gasteiger partial charge in [0.05, 0.1) is 12.1 Å². The smallest absolute Gasteiger partial charge is 0.0749 e. The number of ether oxygens (including phenoxy) is 1. The number of hydrogen-bond donors (Lipinski definition) is 1. The fraction of sp³-hybridized carbons (Fsp3) is 0.600. The maximum Gasteiger partial charge on any atom is 0.0749 e. The Labute approximate surface area is 97.8 Å². The van der Waals surface area contributed by atoms with Crippen LogP contribution in [0.4, 0.5) is 0 Å². The molecule has 1 rings (SSSR count). The van der Waals surface area contributed by atoms with Gasteiger partial charge >= 0.3 is 0 Å². The Hall–Kier alpha value is 0.100. The van der Waals surface area contributed by atoms with E-state index in [1.54, 1.807) is 11.3 Å². The minimum Gasteiger partial charge on any atom is -0.377 e. The van der Waals surface area contributed by atoms with Crippen molar-refractivity contribution in [2.24, 2.45) is 0 Å². The van der Waals surface area contributed by atoms with Crippen LogP contribution in [0.15, 0.2) is 15.9 Å². The van der Waals surface area contributed by atoms with E-state index < -0.39 is 0 Å².